The molecule has 0 bridgehead atoms. The van der Waals surface area contributed by atoms with Crippen LogP contribution < -0.4 is 9.62 Å². The molecule has 1 fully saturated rings. The summed E-state index contributed by atoms with van der Waals surface area (Å²) in [6.45, 7) is 1.54. The third-order valence-corrected chi connectivity index (χ3v) is 6.22. The van der Waals surface area contributed by atoms with Crippen molar-refractivity contribution in [3.8, 4) is 17.2 Å². The Labute approximate surface area is 168 Å². The minimum absolute atomic E-state index is 0.0585. The number of carbonyl (C=O) groups is 1. The highest BCUT2D eigenvalue weighted by atomic mass is 32.2. The second-order valence-electron chi connectivity index (χ2n) is 6.89. The molecule has 0 atom stereocenters. The summed E-state index contributed by atoms with van der Waals surface area (Å²) >= 11 is 0. The van der Waals surface area contributed by atoms with Crippen LogP contribution >= 0.6 is 0 Å². The van der Waals surface area contributed by atoms with Crippen molar-refractivity contribution in [1.29, 1.82) is 5.26 Å². The van der Waals surface area contributed by atoms with Crippen LogP contribution in [0.1, 0.15) is 25.3 Å². The van der Waals surface area contributed by atoms with E-state index in [2.05, 4.69) is 20.8 Å². The molecular weight excluding hydrogens is 390 g/mol. The molecule has 1 aliphatic rings. The van der Waals surface area contributed by atoms with E-state index in [-0.39, 0.29) is 11.8 Å². The molecule has 8 nitrogen and oxygen atoms in total. The molecular formula is C20H19N5O3S. The number of pyridine rings is 1. The normalized spacial score (nSPS) is 13.8. The van der Waals surface area contributed by atoms with Gasteiger partial charge in [0.15, 0.2) is 0 Å². The van der Waals surface area contributed by atoms with E-state index in [0.29, 0.717) is 28.3 Å². The molecule has 0 saturated heterocycles. The maximum atomic E-state index is 11.8. The molecule has 0 unspecified atom stereocenters. The zero-order chi connectivity index (χ0) is 20.6. The first-order chi connectivity index (χ1) is 14.0. The predicted molar refractivity (Wildman–Crippen MR) is 111 cm³/mol. The van der Waals surface area contributed by atoms with Crippen LogP contribution in [0.2, 0.25) is 0 Å². The first kappa shape index (κ1) is 19.0. The van der Waals surface area contributed by atoms with E-state index in [1.807, 2.05) is 6.07 Å². The van der Waals surface area contributed by atoms with Crippen LogP contribution in [0.5, 0.6) is 0 Å². The monoisotopic (exact) mass is 409 g/mol. The van der Waals surface area contributed by atoms with Crippen LogP contribution in [0.25, 0.3) is 22.2 Å². The smallest absolute Gasteiger partial charge is 0.232 e. The Bertz CT molecular complexity index is 1240. The lowest BCUT2D eigenvalue weighted by molar-refractivity contribution is -0.107. The molecule has 0 aliphatic heterocycles. The summed E-state index contributed by atoms with van der Waals surface area (Å²) in [4.78, 5) is 20.8. The highest BCUT2D eigenvalue weighted by Crippen LogP contribution is 2.36. The lowest BCUT2D eigenvalue weighted by atomic mass is 9.98. The second kappa shape index (κ2) is 7.22. The standard InChI is InChI=1S/C20H19N5O3S/c1-2-29(27,28)24-14-3-6-16(13(9-14)11-21)18-10-19(25(12-26)15-4-5-15)23-20-17(18)7-8-22-20/h3,6-10,12,15,24H,2,4-5H2,1H3,(H,22,23). The molecule has 3 aromatic rings. The van der Waals surface area contributed by atoms with Gasteiger partial charge in [-0.05, 0) is 49.6 Å². The second-order valence-corrected chi connectivity index (χ2v) is 8.90. The van der Waals surface area contributed by atoms with Crippen molar-refractivity contribution in [1.82, 2.24) is 9.97 Å². The summed E-state index contributed by atoms with van der Waals surface area (Å²) in [5.41, 5.74) is 2.66. The zero-order valence-corrected chi connectivity index (χ0v) is 16.5. The summed E-state index contributed by atoms with van der Waals surface area (Å²) in [5, 5.41) is 10.5. The molecule has 2 heterocycles. The van der Waals surface area contributed by atoms with Crippen molar-refractivity contribution in [2.75, 3.05) is 15.4 Å². The summed E-state index contributed by atoms with van der Waals surface area (Å²) in [6.07, 6.45) is 4.41. The molecule has 1 amide bonds. The zero-order valence-electron chi connectivity index (χ0n) is 15.7. The average Bonchev–Trinajstić information content (AvgIpc) is 3.43. The van der Waals surface area contributed by atoms with Crippen molar-refractivity contribution in [2.24, 2.45) is 0 Å². The quantitative estimate of drug-likeness (QED) is 0.582. The van der Waals surface area contributed by atoms with Crippen LogP contribution in [-0.4, -0.2) is 36.6 Å². The Morgan fingerprint density at radius 3 is 2.76 bits per heavy atom. The van der Waals surface area contributed by atoms with Gasteiger partial charge in [-0.15, -0.1) is 0 Å². The van der Waals surface area contributed by atoms with Crippen LogP contribution in [0.3, 0.4) is 0 Å². The van der Waals surface area contributed by atoms with E-state index in [1.165, 1.54) is 6.07 Å². The van der Waals surface area contributed by atoms with Gasteiger partial charge in [-0.2, -0.15) is 5.26 Å². The molecule has 29 heavy (non-hydrogen) atoms. The number of benzene rings is 1. The fraction of sp³-hybridized carbons (Fsp3) is 0.250. The number of aromatic amines is 1. The number of sulfonamides is 1. The Morgan fingerprint density at radius 1 is 1.31 bits per heavy atom. The van der Waals surface area contributed by atoms with E-state index in [0.717, 1.165) is 30.2 Å². The lowest BCUT2D eigenvalue weighted by Gasteiger charge is -2.17. The molecule has 1 saturated carbocycles. The fourth-order valence-electron chi connectivity index (χ4n) is 3.25. The van der Waals surface area contributed by atoms with Gasteiger partial charge in [0.1, 0.15) is 11.5 Å². The van der Waals surface area contributed by atoms with E-state index < -0.39 is 10.0 Å². The summed E-state index contributed by atoms with van der Waals surface area (Å²) in [6, 6.07) is 10.8. The van der Waals surface area contributed by atoms with E-state index in [1.54, 1.807) is 36.2 Å². The van der Waals surface area contributed by atoms with Crippen molar-refractivity contribution >= 4 is 39.0 Å². The van der Waals surface area contributed by atoms with Gasteiger partial charge in [-0.25, -0.2) is 13.4 Å². The van der Waals surface area contributed by atoms with Gasteiger partial charge >= 0.3 is 0 Å². The number of amides is 1. The number of nitrogens with one attached hydrogen (secondary N) is 2. The molecule has 148 valence electrons. The van der Waals surface area contributed by atoms with Gasteiger partial charge in [0.05, 0.1) is 17.4 Å². The Morgan fingerprint density at radius 2 is 2.10 bits per heavy atom. The largest absolute Gasteiger partial charge is 0.346 e. The number of hydrogen-bond donors (Lipinski definition) is 2. The van der Waals surface area contributed by atoms with Gasteiger partial charge in [-0.1, -0.05) is 6.07 Å². The third kappa shape index (κ3) is 3.67. The number of fused-ring (bicyclic) bond motifs is 1. The van der Waals surface area contributed by atoms with Crippen molar-refractivity contribution < 1.29 is 13.2 Å². The number of carbonyl (C=O) groups excluding carboxylic acids is 1. The number of hydrogen-bond acceptors (Lipinski definition) is 5. The number of nitriles is 1. The molecule has 2 N–H and O–H groups in total. The SMILES string of the molecule is CCS(=O)(=O)Nc1ccc(-c2cc(N(C=O)C3CC3)nc3[nH]ccc23)c(C#N)c1. The van der Waals surface area contributed by atoms with Crippen LogP contribution in [0, 0.1) is 11.3 Å². The summed E-state index contributed by atoms with van der Waals surface area (Å²) in [7, 11) is -3.44. The predicted octanol–water partition coefficient (Wildman–Crippen LogP) is 2.99. The van der Waals surface area contributed by atoms with Gasteiger partial charge in [0.2, 0.25) is 16.4 Å². The molecule has 0 spiro atoms. The van der Waals surface area contributed by atoms with Gasteiger partial charge < -0.3 is 4.98 Å². The maximum absolute atomic E-state index is 11.8. The van der Waals surface area contributed by atoms with Gasteiger partial charge in [0, 0.05) is 28.9 Å². The van der Waals surface area contributed by atoms with E-state index in [9.17, 15) is 18.5 Å². The molecule has 1 aliphatic carbocycles. The Balaban J connectivity index is 1.84. The first-order valence-corrected chi connectivity index (χ1v) is 10.9. The molecule has 9 heteroatoms. The van der Waals surface area contributed by atoms with Crippen molar-refractivity contribution in [3.05, 3.63) is 42.1 Å². The highest BCUT2D eigenvalue weighted by molar-refractivity contribution is 7.92. The maximum Gasteiger partial charge on any atom is 0.232 e. The topological polar surface area (TPSA) is 119 Å². The molecule has 2 aromatic heterocycles. The molecule has 4 rings (SSSR count). The van der Waals surface area contributed by atoms with E-state index >= 15 is 0 Å². The van der Waals surface area contributed by atoms with Gasteiger partial charge in [0.25, 0.3) is 0 Å². The average molecular weight is 409 g/mol. The summed E-state index contributed by atoms with van der Waals surface area (Å²) < 4.78 is 26.1. The van der Waals surface area contributed by atoms with Crippen LogP contribution in [-0.2, 0) is 14.8 Å². The third-order valence-electron chi connectivity index (χ3n) is 4.92. The lowest BCUT2D eigenvalue weighted by Crippen LogP contribution is -2.24. The number of aromatic nitrogens is 2. The molecule has 1 aromatic carbocycles. The minimum Gasteiger partial charge on any atom is -0.346 e. The van der Waals surface area contributed by atoms with Crippen LogP contribution in [0.15, 0.2) is 36.5 Å². The first-order valence-electron chi connectivity index (χ1n) is 9.22. The van der Waals surface area contributed by atoms with Crippen molar-refractivity contribution in [3.63, 3.8) is 0 Å². The fourth-order valence-corrected chi connectivity index (χ4v) is 3.88. The summed E-state index contributed by atoms with van der Waals surface area (Å²) in [5.74, 6) is 0.462. The van der Waals surface area contributed by atoms with E-state index in [4.69, 9.17) is 0 Å². The number of H-pyrrole nitrogens is 1. The Hall–Kier alpha value is -3.38. The minimum atomic E-state index is -3.44. The number of nitrogens with zero attached hydrogens (tertiary/aromatic N) is 3. The van der Waals surface area contributed by atoms with Crippen molar-refractivity contribution in [2.45, 2.75) is 25.8 Å². The van der Waals surface area contributed by atoms with Crippen LogP contribution in [0.4, 0.5) is 11.5 Å². The number of rotatable bonds is 7. The Kier molecular flexibility index (Phi) is 4.72. The number of anilines is 2. The van der Waals surface area contributed by atoms with Gasteiger partial charge in [-0.3, -0.25) is 14.4 Å². The highest BCUT2D eigenvalue weighted by Gasteiger charge is 2.30. The molecule has 0 radical (unpaired) electrons.